The molecule has 20 heavy (non-hydrogen) atoms. The van der Waals surface area contributed by atoms with Crippen LogP contribution in [-0.2, 0) is 6.42 Å². The Balaban J connectivity index is 2.10. The zero-order valence-corrected chi connectivity index (χ0v) is 14.2. The van der Waals surface area contributed by atoms with Crippen molar-refractivity contribution in [2.75, 3.05) is 0 Å². The van der Waals surface area contributed by atoms with Crippen LogP contribution in [0.5, 0.6) is 0 Å². The minimum atomic E-state index is -0.121. The van der Waals surface area contributed by atoms with Crippen molar-refractivity contribution < 1.29 is 4.39 Å². The van der Waals surface area contributed by atoms with Crippen LogP contribution in [0.3, 0.4) is 0 Å². The number of hydrogen-bond acceptors (Lipinski definition) is 1. The lowest BCUT2D eigenvalue weighted by Crippen LogP contribution is -2.40. The van der Waals surface area contributed by atoms with Gasteiger partial charge in [0.15, 0.2) is 0 Å². The molecule has 0 saturated heterocycles. The summed E-state index contributed by atoms with van der Waals surface area (Å²) in [6, 6.07) is 5.54. The first kappa shape index (κ1) is 16.0. The molecule has 1 aliphatic rings. The van der Waals surface area contributed by atoms with E-state index in [9.17, 15) is 4.39 Å². The topological polar surface area (TPSA) is 26.0 Å². The fourth-order valence-corrected chi connectivity index (χ4v) is 3.61. The fraction of sp³-hybridized carbons (Fsp3) is 0.647. The van der Waals surface area contributed by atoms with E-state index in [0.29, 0.717) is 17.3 Å². The van der Waals surface area contributed by atoms with E-state index in [1.54, 1.807) is 6.07 Å². The molecule has 2 N–H and O–H groups in total. The van der Waals surface area contributed by atoms with Gasteiger partial charge >= 0.3 is 0 Å². The Hall–Kier alpha value is -0.410. The maximum absolute atomic E-state index is 14.0. The zero-order chi connectivity index (χ0) is 14.9. The lowest BCUT2D eigenvalue weighted by atomic mass is 9.66. The van der Waals surface area contributed by atoms with E-state index < -0.39 is 0 Å². The Morgan fingerprint density at radius 3 is 2.60 bits per heavy atom. The molecular weight excluding hydrogens is 317 g/mol. The van der Waals surface area contributed by atoms with Crippen molar-refractivity contribution in [2.24, 2.45) is 23.0 Å². The van der Waals surface area contributed by atoms with Gasteiger partial charge in [-0.25, -0.2) is 4.39 Å². The highest BCUT2D eigenvalue weighted by Crippen LogP contribution is 2.41. The molecule has 2 rings (SSSR count). The molecule has 0 amide bonds. The van der Waals surface area contributed by atoms with Gasteiger partial charge in [-0.2, -0.15) is 0 Å². The molecule has 0 spiro atoms. The van der Waals surface area contributed by atoms with Gasteiger partial charge in [0.05, 0.1) is 0 Å². The average molecular weight is 342 g/mol. The van der Waals surface area contributed by atoms with E-state index in [1.165, 1.54) is 6.42 Å². The summed E-state index contributed by atoms with van der Waals surface area (Å²) in [4.78, 5) is 0. The van der Waals surface area contributed by atoms with Crippen LogP contribution in [0.1, 0.15) is 45.6 Å². The maximum atomic E-state index is 14.0. The molecule has 0 aliphatic heterocycles. The van der Waals surface area contributed by atoms with Gasteiger partial charge < -0.3 is 5.73 Å². The van der Waals surface area contributed by atoms with Crippen molar-refractivity contribution in [2.45, 2.75) is 52.5 Å². The molecule has 0 radical (unpaired) electrons. The maximum Gasteiger partial charge on any atom is 0.127 e. The summed E-state index contributed by atoms with van der Waals surface area (Å²) >= 11 is 3.30. The van der Waals surface area contributed by atoms with Crippen molar-refractivity contribution in [1.29, 1.82) is 0 Å². The number of rotatable bonds is 2. The second-order valence-corrected chi connectivity index (χ2v) is 8.16. The number of hydrogen-bond donors (Lipinski definition) is 1. The Kier molecular flexibility index (Phi) is 4.91. The Labute approximate surface area is 130 Å². The number of halogens is 2. The highest BCUT2D eigenvalue weighted by molar-refractivity contribution is 9.10. The van der Waals surface area contributed by atoms with Crippen LogP contribution in [0, 0.1) is 23.1 Å². The monoisotopic (exact) mass is 341 g/mol. The Morgan fingerprint density at radius 2 is 2.00 bits per heavy atom. The van der Waals surface area contributed by atoms with Crippen molar-refractivity contribution in [3.05, 3.63) is 34.1 Å². The molecule has 1 fully saturated rings. The third kappa shape index (κ3) is 3.82. The highest BCUT2D eigenvalue weighted by Gasteiger charge is 2.34. The van der Waals surface area contributed by atoms with Gasteiger partial charge in [-0.05, 0) is 60.6 Å². The first-order chi connectivity index (χ1) is 9.27. The summed E-state index contributed by atoms with van der Waals surface area (Å²) in [7, 11) is 0. The molecule has 1 saturated carbocycles. The van der Waals surface area contributed by atoms with Gasteiger partial charge in [0.25, 0.3) is 0 Å². The SMILES string of the molecule is CC(C)(C)C1CCC(N)C(Cc2ccc(Br)cc2F)C1. The summed E-state index contributed by atoms with van der Waals surface area (Å²) in [5, 5.41) is 0. The standard InChI is InChI=1S/C17H25BrFN/c1-17(2,3)13-5-7-16(20)12(9-13)8-11-4-6-14(18)10-15(11)19/h4,6,10,12-13,16H,5,7-9,20H2,1-3H3. The molecule has 3 atom stereocenters. The Bertz CT molecular complexity index is 467. The molecular formula is C17H25BrFN. The molecule has 0 aromatic heterocycles. The molecule has 1 aliphatic carbocycles. The largest absolute Gasteiger partial charge is 0.327 e. The lowest BCUT2D eigenvalue weighted by Gasteiger charge is -2.40. The zero-order valence-electron chi connectivity index (χ0n) is 12.6. The van der Waals surface area contributed by atoms with Crippen molar-refractivity contribution in [1.82, 2.24) is 0 Å². The van der Waals surface area contributed by atoms with Crippen LogP contribution in [0.25, 0.3) is 0 Å². The van der Waals surface area contributed by atoms with Crippen molar-refractivity contribution in [3.8, 4) is 0 Å². The van der Waals surface area contributed by atoms with E-state index in [0.717, 1.165) is 29.3 Å². The molecule has 0 heterocycles. The van der Waals surface area contributed by atoms with Crippen molar-refractivity contribution in [3.63, 3.8) is 0 Å². The van der Waals surface area contributed by atoms with Crippen molar-refractivity contribution >= 4 is 15.9 Å². The first-order valence-electron chi connectivity index (χ1n) is 7.47. The summed E-state index contributed by atoms with van der Waals surface area (Å²) in [6.45, 7) is 6.89. The average Bonchev–Trinajstić information content (AvgIpc) is 2.33. The minimum Gasteiger partial charge on any atom is -0.327 e. The molecule has 0 bridgehead atoms. The van der Waals surface area contributed by atoms with E-state index in [2.05, 4.69) is 36.7 Å². The third-order valence-electron chi connectivity index (χ3n) is 4.76. The van der Waals surface area contributed by atoms with Gasteiger partial charge in [-0.1, -0.05) is 42.8 Å². The predicted molar refractivity (Wildman–Crippen MR) is 86.1 cm³/mol. The van der Waals surface area contributed by atoms with Crippen LogP contribution in [0.4, 0.5) is 4.39 Å². The van der Waals surface area contributed by atoms with Gasteiger partial charge in [-0.15, -0.1) is 0 Å². The molecule has 112 valence electrons. The van der Waals surface area contributed by atoms with E-state index in [-0.39, 0.29) is 11.9 Å². The smallest absolute Gasteiger partial charge is 0.127 e. The van der Waals surface area contributed by atoms with Gasteiger partial charge in [0, 0.05) is 10.5 Å². The molecule has 1 aromatic carbocycles. The molecule has 3 unspecified atom stereocenters. The second kappa shape index (κ2) is 6.15. The van der Waals surface area contributed by atoms with Crippen LogP contribution in [0.15, 0.2) is 22.7 Å². The van der Waals surface area contributed by atoms with Gasteiger partial charge in [0.1, 0.15) is 5.82 Å². The van der Waals surface area contributed by atoms with E-state index in [4.69, 9.17) is 5.73 Å². The minimum absolute atomic E-state index is 0.121. The van der Waals surface area contributed by atoms with Crippen LogP contribution in [0.2, 0.25) is 0 Å². The second-order valence-electron chi connectivity index (χ2n) is 7.24. The van der Waals surface area contributed by atoms with Crippen LogP contribution < -0.4 is 5.73 Å². The summed E-state index contributed by atoms with van der Waals surface area (Å²) < 4.78 is 14.8. The number of nitrogens with two attached hydrogens (primary N) is 1. The Morgan fingerprint density at radius 1 is 1.30 bits per heavy atom. The summed E-state index contributed by atoms with van der Waals surface area (Å²) in [5.74, 6) is 0.957. The highest BCUT2D eigenvalue weighted by atomic mass is 79.9. The van der Waals surface area contributed by atoms with Crippen LogP contribution >= 0.6 is 15.9 Å². The third-order valence-corrected chi connectivity index (χ3v) is 5.26. The first-order valence-corrected chi connectivity index (χ1v) is 8.26. The fourth-order valence-electron chi connectivity index (χ4n) is 3.28. The lowest BCUT2D eigenvalue weighted by molar-refractivity contribution is 0.126. The molecule has 1 nitrogen and oxygen atoms in total. The summed E-state index contributed by atoms with van der Waals surface area (Å²) in [6.07, 6.45) is 4.13. The molecule has 1 aromatic rings. The van der Waals surface area contributed by atoms with Gasteiger partial charge in [0.2, 0.25) is 0 Å². The van der Waals surface area contributed by atoms with E-state index >= 15 is 0 Å². The summed E-state index contributed by atoms with van der Waals surface area (Å²) in [5.41, 5.74) is 7.39. The van der Waals surface area contributed by atoms with E-state index in [1.807, 2.05) is 12.1 Å². The molecule has 3 heteroatoms. The quantitative estimate of drug-likeness (QED) is 0.811. The predicted octanol–water partition coefficient (Wildman–Crippen LogP) is 4.92. The van der Waals surface area contributed by atoms with Crippen LogP contribution in [-0.4, -0.2) is 6.04 Å². The number of benzene rings is 1. The normalized spacial score (nSPS) is 27.6. The van der Waals surface area contributed by atoms with Gasteiger partial charge in [-0.3, -0.25) is 0 Å².